The van der Waals surface area contributed by atoms with E-state index in [4.69, 9.17) is 0 Å². The fourth-order valence-electron chi connectivity index (χ4n) is 4.21. The topological polar surface area (TPSA) is 26.8 Å². The number of piperidine rings is 1. The Balaban J connectivity index is 1.34. The lowest BCUT2D eigenvalue weighted by atomic mass is 10.0. The van der Waals surface area contributed by atoms with Gasteiger partial charge in [0.2, 0.25) is 0 Å². The second-order valence-corrected chi connectivity index (χ2v) is 7.86. The van der Waals surface area contributed by atoms with Gasteiger partial charge in [0, 0.05) is 45.0 Å². The van der Waals surface area contributed by atoms with E-state index < -0.39 is 0 Å². The molecule has 2 amide bonds. The Kier molecular flexibility index (Phi) is 5.33. The van der Waals surface area contributed by atoms with Crippen molar-refractivity contribution in [1.29, 1.82) is 0 Å². The molecule has 27 heavy (non-hydrogen) atoms. The smallest absolute Gasteiger partial charge is 0.320 e. The first kappa shape index (κ1) is 17.9. The van der Waals surface area contributed by atoms with Gasteiger partial charge in [-0.15, -0.1) is 0 Å². The van der Waals surface area contributed by atoms with E-state index in [0.717, 1.165) is 45.7 Å². The highest BCUT2D eigenvalue weighted by Crippen LogP contribution is 2.24. The number of hydrogen-bond donors (Lipinski definition) is 0. The summed E-state index contributed by atoms with van der Waals surface area (Å²) >= 11 is 0. The Morgan fingerprint density at radius 2 is 1.48 bits per heavy atom. The van der Waals surface area contributed by atoms with Crippen molar-refractivity contribution in [3.05, 3.63) is 54.6 Å². The number of rotatable bonds is 2. The van der Waals surface area contributed by atoms with E-state index in [2.05, 4.69) is 65.3 Å². The Morgan fingerprint density at radius 1 is 0.815 bits per heavy atom. The second-order valence-electron chi connectivity index (χ2n) is 7.86. The number of piperazine rings is 1. The molecule has 2 heterocycles. The summed E-state index contributed by atoms with van der Waals surface area (Å²) in [5.74, 6) is 0.632. The molecule has 0 radical (unpaired) electrons. The van der Waals surface area contributed by atoms with Crippen molar-refractivity contribution >= 4 is 11.7 Å². The Hall–Kier alpha value is -2.49. The molecule has 2 aliphatic heterocycles. The van der Waals surface area contributed by atoms with Gasteiger partial charge in [0.1, 0.15) is 0 Å². The zero-order valence-electron chi connectivity index (χ0n) is 16.2. The van der Waals surface area contributed by atoms with Crippen LogP contribution in [0.15, 0.2) is 54.6 Å². The van der Waals surface area contributed by atoms with Crippen LogP contribution >= 0.6 is 0 Å². The molecule has 4 rings (SSSR count). The highest BCUT2D eigenvalue weighted by atomic mass is 16.2. The van der Waals surface area contributed by atoms with Crippen LogP contribution in [0, 0.1) is 5.92 Å². The van der Waals surface area contributed by atoms with Crippen LogP contribution in [-0.4, -0.2) is 55.1 Å². The fourth-order valence-corrected chi connectivity index (χ4v) is 4.21. The average molecular weight is 364 g/mol. The molecule has 0 aromatic heterocycles. The molecule has 0 bridgehead atoms. The van der Waals surface area contributed by atoms with Crippen LogP contribution in [-0.2, 0) is 0 Å². The van der Waals surface area contributed by atoms with Crippen molar-refractivity contribution in [2.24, 2.45) is 5.92 Å². The van der Waals surface area contributed by atoms with Crippen LogP contribution in [0.2, 0.25) is 0 Å². The molecule has 0 spiro atoms. The lowest BCUT2D eigenvalue weighted by Gasteiger charge is -2.40. The number of hydrogen-bond acceptors (Lipinski definition) is 2. The number of nitrogens with zero attached hydrogens (tertiary/aromatic N) is 3. The third kappa shape index (κ3) is 4.10. The van der Waals surface area contributed by atoms with Crippen molar-refractivity contribution in [1.82, 2.24) is 9.80 Å². The van der Waals surface area contributed by atoms with Crippen molar-refractivity contribution < 1.29 is 4.79 Å². The average Bonchev–Trinajstić information content (AvgIpc) is 2.74. The fraction of sp³-hybridized carbons (Fsp3) is 0.435. The summed E-state index contributed by atoms with van der Waals surface area (Å²) in [5, 5.41) is 0. The first-order valence-corrected chi connectivity index (χ1v) is 10.1. The van der Waals surface area contributed by atoms with Crippen LogP contribution in [0.25, 0.3) is 11.1 Å². The quantitative estimate of drug-likeness (QED) is 0.794. The minimum absolute atomic E-state index is 0.237. The summed E-state index contributed by atoms with van der Waals surface area (Å²) < 4.78 is 0. The molecular weight excluding hydrogens is 334 g/mol. The van der Waals surface area contributed by atoms with Crippen molar-refractivity contribution in [2.45, 2.75) is 19.8 Å². The first-order valence-electron chi connectivity index (χ1n) is 10.1. The van der Waals surface area contributed by atoms with E-state index in [1.54, 1.807) is 0 Å². The zero-order chi connectivity index (χ0) is 18.6. The third-order valence-electron chi connectivity index (χ3n) is 5.82. The molecule has 4 nitrogen and oxygen atoms in total. The van der Waals surface area contributed by atoms with E-state index in [0.29, 0.717) is 5.92 Å². The number of anilines is 1. The number of benzene rings is 2. The van der Waals surface area contributed by atoms with Crippen molar-refractivity contribution in [3.63, 3.8) is 0 Å². The highest BCUT2D eigenvalue weighted by molar-refractivity contribution is 5.75. The summed E-state index contributed by atoms with van der Waals surface area (Å²) in [6.45, 7) is 7.51. The number of carbonyl (C=O) groups is 1. The van der Waals surface area contributed by atoms with Gasteiger partial charge in [0.05, 0.1) is 0 Å². The standard InChI is InChI=1S/C23H29N3O/c1-19-6-5-13-26(18-19)23(27)25-16-14-24(15-17-25)22-11-9-21(10-12-22)20-7-3-2-4-8-20/h2-4,7-12,19H,5-6,13-18H2,1H3. The highest BCUT2D eigenvalue weighted by Gasteiger charge is 2.27. The van der Waals surface area contributed by atoms with Crippen LogP contribution in [0.4, 0.5) is 10.5 Å². The monoisotopic (exact) mass is 363 g/mol. The summed E-state index contributed by atoms with van der Waals surface area (Å²) in [6.07, 6.45) is 2.39. The zero-order valence-corrected chi connectivity index (χ0v) is 16.2. The molecular formula is C23H29N3O. The Morgan fingerprint density at radius 3 is 2.15 bits per heavy atom. The lowest BCUT2D eigenvalue weighted by molar-refractivity contribution is 0.129. The molecule has 1 atom stereocenters. The van der Waals surface area contributed by atoms with Crippen LogP contribution in [0.3, 0.4) is 0 Å². The van der Waals surface area contributed by atoms with Gasteiger partial charge in [-0.3, -0.25) is 0 Å². The number of likely N-dealkylation sites (tertiary alicyclic amines) is 1. The first-order chi connectivity index (χ1) is 13.2. The number of carbonyl (C=O) groups excluding carboxylic acids is 1. The van der Waals surface area contributed by atoms with Gasteiger partial charge in [-0.05, 0) is 42.0 Å². The predicted molar refractivity (Wildman–Crippen MR) is 111 cm³/mol. The second kappa shape index (κ2) is 8.03. The van der Waals surface area contributed by atoms with Gasteiger partial charge >= 0.3 is 6.03 Å². The number of amides is 2. The van der Waals surface area contributed by atoms with Crippen LogP contribution in [0.1, 0.15) is 19.8 Å². The summed E-state index contributed by atoms with van der Waals surface area (Å²) in [5.41, 5.74) is 3.73. The minimum atomic E-state index is 0.237. The molecule has 0 N–H and O–H groups in total. The number of urea groups is 1. The maximum atomic E-state index is 12.8. The molecule has 2 saturated heterocycles. The normalized spacial score (nSPS) is 20.6. The minimum Gasteiger partial charge on any atom is -0.368 e. The van der Waals surface area contributed by atoms with E-state index >= 15 is 0 Å². The molecule has 0 aliphatic carbocycles. The molecule has 1 unspecified atom stereocenters. The van der Waals surface area contributed by atoms with Gasteiger partial charge in [0.15, 0.2) is 0 Å². The van der Waals surface area contributed by atoms with Crippen molar-refractivity contribution in [2.75, 3.05) is 44.2 Å². The van der Waals surface area contributed by atoms with Crippen LogP contribution < -0.4 is 4.90 Å². The van der Waals surface area contributed by atoms with Gasteiger partial charge in [0.25, 0.3) is 0 Å². The van der Waals surface area contributed by atoms with E-state index in [9.17, 15) is 4.79 Å². The molecule has 2 aliphatic rings. The SMILES string of the molecule is CC1CCCN(C(=O)N2CCN(c3ccc(-c4ccccc4)cc3)CC2)C1. The maximum absolute atomic E-state index is 12.8. The summed E-state index contributed by atoms with van der Waals surface area (Å²) in [4.78, 5) is 19.3. The molecule has 0 saturated carbocycles. The molecule has 2 aromatic rings. The maximum Gasteiger partial charge on any atom is 0.320 e. The summed E-state index contributed by atoms with van der Waals surface area (Å²) in [6, 6.07) is 19.5. The Labute approximate surface area is 162 Å². The van der Waals surface area contributed by atoms with Gasteiger partial charge in [-0.25, -0.2) is 4.79 Å². The van der Waals surface area contributed by atoms with Crippen molar-refractivity contribution in [3.8, 4) is 11.1 Å². The predicted octanol–water partition coefficient (Wildman–Crippen LogP) is 4.33. The molecule has 142 valence electrons. The lowest BCUT2D eigenvalue weighted by Crippen LogP contribution is -2.54. The van der Waals surface area contributed by atoms with E-state index in [-0.39, 0.29) is 6.03 Å². The largest absolute Gasteiger partial charge is 0.368 e. The van der Waals surface area contributed by atoms with Gasteiger partial charge in [-0.2, -0.15) is 0 Å². The molecule has 2 aromatic carbocycles. The van der Waals surface area contributed by atoms with E-state index in [1.807, 2.05) is 11.0 Å². The van der Waals surface area contributed by atoms with Gasteiger partial charge < -0.3 is 14.7 Å². The molecule has 2 fully saturated rings. The Bertz CT molecular complexity index is 751. The van der Waals surface area contributed by atoms with Gasteiger partial charge in [-0.1, -0.05) is 49.4 Å². The van der Waals surface area contributed by atoms with Crippen LogP contribution in [0.5, 0.6) is 0 Å². The summed E-state index contributed by atoms with van der Waals surface area (Å²) in [7, 11) is 0. The third-order valence-corrected chi connectivity index (χ3v) is 5.82. The van der Waals surface area contributed by atoms with E-state index in [1.165, 1.54) is 23.2 Å². The molecule has 4 heteroatoms.